The van der Waals surface area contributed by atoms with Crippen molar-refractivity contribution in [1.29, 1.82) is 0 Å². The van der Waals surface area contributed by atoms with Crippen LogP contribution in [0.1, 0.15) is 58.8 Å². The van der Waals surface area contributed by atoms with E-state index in [-0.39, 0.29) is 16.6 Å². The molecule has 1 saturated carbocycles. The number of carbonyl (C=O) groups is 1. The average Bonchev–Trinajstić information content (AvgIpc) is 2.28. The van der Waals surface area contributed by atoms with Crippen LogP contribution in [0.25, 0.3) is 0 Å². The molecule has 0 radical (unpaired) electrons. The second-order valence-electron chi connectivity index (χ2n) is 6.00. The number of hydrogen-bond acceptors (Lipinski definition) is 2. The first-order chi connectivity index (χ1) is 8.43. The molecule has 2 atom stereocenters. The SMILES string of the molecule is C[C@@H](CCNC(=O)CC1(C)CCCCC1)[S@@](C)=O. The number of hydrogen-bond donors (Lipinski definition) is 1. The van der Waals surface area contributed by atoms with Crippen molar-refractivity contribution in [2.24, 2.45) is 5.41 Å². The van der Waals surface area contributed by atoms with Crippen LogP contribution in [-0.2, 0) is 15.6 Å². The van der Waals surface area contributed by atoms with E-state index in [1.165, 1.54) is 32.1 Å². The Morgan fingerprint density at radius 1 is 1.33 bits per heavy atom. The van der Waals surface area contributed by atoms with Gasteiger partial charge in [-0.3, -0.25) is 9.00 Å². The number of nitrogens with one attached hydrogen (secondary N) is 1. The highest BCUT2D eigenvalue weighted by Gasteiger charge is 2.29. The van der Waals surface area contributed by atoms with Gasteiger partial charge >= 0.3 is 0 Å². The fourth-order valence-electron chi connectivity index (χ4n) is 2.61. The van der Waals surface area contributed by atoms with Crippen LogP contribution in [-0.4, -0.2) is 28.2 Å². The lowest BCUT2D eigenvalue weighted by atomic mass is 9.73. The third-order valence-corrected chi connectivity index (χ3v) is 5.46. The highest BCUT2D eigenvalue weighted by atomic mass is 32.2. The van der Waals surface area contributed by atoms with E-state index in [0.29, 0.717) is 13.0 Å². The van der Waals surface area contributed by atoms with Gasteiger partial charge in [0.25, 0.3) is 0 Å². The summed E-state index contributed by atoms with van der Waals surface area (Å²) in [5, 5.41) is 3.13. The molecule has 0 unspecified atom stereocenters. The Labute approximate surface area is 114 Å². The lowest BCUT2D eigenvalue weighted by Gasteiger charge is -2.32. The molecular formula is C14H27NO2S. The van der Waals surface area contributed by atoms with Crippen molar-refractivity contribution in [1.82, 2.24) is 5.32 Å². The van der Waals surface area contributed by atoms with Gasteiger partial charge in [0.1, 0.15) is 0 Å². The van der Waals surface area contributed by atoms with Crippen molar-refractivity contribution < 1.29 is 9.00 Å². The van der Waals surface area contributed by atoms with Crippen LogP contribution in [0.2, 0.25) is 0 Å². The topological polar surface area (TPSA) is 46.2 Å². The number of rotatable bonds is 6. The zero-order valence-electron chi connectivity index (χ0n) is 12.0. The monoisotopic (exact) mass is 273 g/mol. The van der Waals surface area contributed by atoms with Gasteiger partial charge in [-0.05, 0) is 24.7 Å². The van der Waals surface area contributed by atoms with Gasteiger partial charge in [0.05, 0.1) is 0 Å². The Bertz CT molecular complexity index is 298. The van der Waals surface area contributed by atoms with Gasteiger partial charge in [-0.15, -0.1) is 0 Å². The van der Waals surface area contributed by atoms with E-state index in [1.807, 2.05) is 6.92 Å². The molecule has 1 rings (SSSR count). The maximum atomic E-state index is 11.9. The highest BCUT2D eigenvalue weighted by molar-refractivity contribution is 7.84. The van der Waals surface area contributed by atoms with Crippen molar-refractivity contribution in [3.05, 3.63) is 0 Å². The van der Waals surface area contributed by atoms with Gasteiger partial charge in [-0.25, -0.2) is 0 Å². The summed E-state index contributed by atoms with van der Waals surface area (Å²) in [6, 6.07) is 0. The summed E-state index contributed by atoms with van der Waals surface area (Å²) in [5.74, 6) is 0.161. The van der Waals surface area contributed by atoms with Gasteiger partial charge in [0.15, 0.2) is 0 Å². The lowest BCUT2D eigenvalue weighted by molar-refractivity contribution is -0.123. The summed E-state index contributed by atoms with van der Waals surface area (Å²) in [5.41, 5.74) is 0.210. The van der Waals surface area contributed by atoms with E-state index in [9.17, 15) is 9.00 Å². The van der Waals surface area contributed by atoms with E-state index in [2.05, 4.69) is 12.2 Å². The Balaban J connectivity index is 2.22. The molecular weight excluding hydrogens is 246 g/mol. The third-order valence-electron chi connectivity index (χ3n) is 4.09. The van der Waals surface area contributed by atoms with E-state index in [4.69, 9.17) is 0 Å². The largest absolute Gasteiger partial charge is 0.356 e. The number of carbonyl (C=O) groups excluding carboxylic acids is 1. The molecule has 0 heterocycles. The molecule has 0 bridgehead atoms. The third kappa shape index (κ3) is 5.51. The summed E-state index contributed by atoms with van der Waals surface area (Å²) in [7, 11) is -0.791. The minimum atomic E-state index is -0.791. The predicted molar refractivity (Wildman–Crippen MR) is 77.0 cm³/mol. The van der Waals surface area contributed by atoms with Crippen LogP contribution >= 0.6 is 0 Å². The summed E-state index contributed by atoms with van der Waals surface area (Å²) < 4.78 is 11.2. The number of amides is 1. The molecule has 3 nitrogen and oxygen atoms in total. The zero-order chi connectivity index (χ0) is 13.6. The quantitative estimate of drug-likeness (QED) is 0.808. The molecule has 1 fully saturated rings. The van der Waals surface area contributed by atoms with Gasteiger partial charge in [-0.2, -0.15) is 0 Å². The smallest absolute Gasteiger partial charge is 0.220 e. The van der Waals surface area contributed by atoms with Crippen LogP contribution in [0, 0.1) is 5.41 Å². The van der Waals surface area contributed by atoms with E-state index in [0.717, 1.165) is 6.42 Å². The molecule has 1 aliphatic carbocycles. The van der Waals surface area contributed by atoms with E-state index in [1.54, 1.807) is 6.26 Å². The van der Waals surface area contributed by atoms with Gasteiger partial charge in [0, 0.05) is 35.3 Å². The molecule has 18 heavy (non-hydrogen) atoms. The fourth-order valence-corrected chi connectivity index (χ4v) is 3.06. The normalized spacial score (nSPS) is 22.2. The standard InChI is InChI=1S/C14H27NO2S/c1-12(18(3)17)7-10-15-13(16)11-14(2)8-5-4-6-9-14/h12H,4-11H2,1-3H3,(H,15,16)/t12-,18+/m0/s1. The summed E-state index contributed by atoms with van der Waals surface area (Å²) in [4.78, 5) is 11.9. The average molecular weight is 273 g/mol. The lowest BCUT2D eigenvalue weighted by Crippen LogP contribution is -2.33. The first-order valence-electron chi connectivity index (χ1n) is 7.02. The Morgan fingerprint density at radius 3 is 2.50 bits per heavy atom. The molecule has 0 spiro atoms. The molecule has 0 aromatic rings. The molecule has 1 aliphatic rings. The molecule has 4 heteroatoms. The van der Waals surface area contributed by atoms with Gasteiger partial charge < -0.3 is 5.32 Å². The molecule has 1 N–H and O–H groups in total. The van der Waals surface area contributed by atoms with Crippen molar-refractivity contribution in [2.75, 3.05) is 12.8 Å². The second-order valence-corrected chi connectivity index (χ2v) is 7.80. The Kier molecular flexibility index (Phi) is 6.33. The van der Waals surface area contributed by atoms with Gasteiger partial charge in [0.2, 0.25) is 5.91 Å². The maximum absolute atomic E-state index is 11.9. The molecule has 0 aromatic heterocycles. The van der Waals surface area contributed by atoms with Crippen LogP contribution in [0.3, 0.4) is 0 Å². The van der Waals surface area contributed by atoms with Crippen molar-refractivity contribution >= 4 is 16.7 Å². The zero-order valence-corrected chi connectivity index (χ0v) is 12.8. The van der Waals surface area contributed by atoms with Crippen LogP contribution in [0.4, 0.5) is 0 Å². The molecule has 0 aliphatic heterocycles. The van der Waals surface area contributed by atoms with Crippen molar-refractivity contribution in [3.8, 4) is 0 Å². The van der Waals surface area contributed by atoms with E-state index >= 15 is 0 Å². The van der Waals surface area contributed by atoms with Crippen LogP contribution in [0.5, 0.6) is 0 Å². The first kappa shape index (κ1) is 15.7. The minimum Gasteiger partial charge on any atom is -0.356 e. The van der Waals surface area contributed by atoms with Crippen molar-refractivity contribution in [3.63, 3.8) is 0 Å². The maximum Gasteiger partial charge on any atom is 0.220 e. The molecule has 1 amide bonds. The summed E-state index contributed by atoms with van der Waals surface area (Å²) in [6.07, 6.45) is 9.35. The van der Waals surface area contributed by atoms with E-state index < -0.39 is 10.8 Å². The second kappa shape index (κ2) is 7.27. The van der Waals surface area contributed by atoms with Gasteiger partial charge in [-0.1, -0.05) is 33.1 Å². The molecule has 0 aromatic carbocycles. The predicted octanol–water partition coefficient (Wildman–Crippen LogP) is 2.62. The molecule has 0 saturated heterocycles. The minimum absolute atomic E-state index is 0.161. The Morgan fingerprint density at radius 2 is 1.94 bits per heavy atom. The van der Waals surface area contributed by atoms with Crippen LogP contribution in [0.15, 0.2) is 0 Å². The molecule has 106 valence electrons. The van der Waals surface area contributed by atoms with Crippen LogP contribution < -0.4 is 5.32 Å². The van der Waals surface area contributed by atoms with Crippen molar-refractivity contribution in [2.45, 2.75) is 64.0 Å². The summed E-state index contributed by atoms with van der Waals surface area (Å²) >= 11 is 0. The first-order valence-corrected chi connectivity index (χ1v) is 8.64. The highest BCUT2D eigenvalue weighted by Crippen LogP contribution is 2.38. The fraction of sp³-hybridized carbons (Fsp3) is 0.929. The summed E-state index contributed by atoms with van der Waals surface area (Å²) in [6.45, 7) is 4.84. The Hall–Kier alpha value is -0.380.